The third kappa shape index (κ3) is 1.75. The Balaban J connectivity index is 2.61. The molecule has 0 spiro atoms. The summed E-state index contributed by atoms with van der Waals surface area (Å²) in [6.07, 6.45) is 5.87. The largest absolute Gasteiger partial charge is 0.481 e. The molecule has 19 heavy (non-hydrogen) atoms. The van der Waals surface area contributed by atoms with Crippen molar-refractivity contribution in [3.05, 3.63) is 72.9 Å². The lowest BCUT2D eigenvalue weighted by Crippen LogP contribution is -2.25. The van der Waals surface area contributed by atoms with Gasteiger partial charge in [-0.1, -0.05) is 61.7 Å². The predicted octanol–water partition coefficient (Wildman–Crippen LogP) is 3.72. The molecule has 1 aromatic rings. The van der Waals surface area contributed by atoms with E-state index in [1.54, 1.807) is 19.1 Å². The number of allylic oxidation sites excluding steroid dienone is 4. The molecular formula is C17H18O2. The van der Waals surface area contributed by atoms with Gasteiger partial charge in [0.1, 0.15) is 0 Å². The van der Waals surface area contributed by atoms with E-state index in [1.807, 2.05) is 36.4 Å². The first-order chi connectivity index (χ1) is 9.03. The normalized spacial score (nSPS) is 29.6. The molecule has 2 unspecified atom stereocenters. The fourth-order valence-electron chi connectivity index (χ4n) is 2.99. The van der Waals surface area contributed by atoms with E-state index in [4.69, 9.17) is 0 Å². The summed E-state index contributed by atoms with van der Waals surface area (Å²) in [4.78, 5) is 11.6. The zero-order chi connectivity index (χ0) is 14.1. The molecule has 1 aliphatic carbocycles. The summed E-state index contributed by atoms with van der Waals surface area (Å²) in [5.41, 5.74) is 0.666. The maximum Gasteiger partial charge on any atom is 0.310 e. The first-order valence-corrected chi connectivity index (χ1v) is 6.27. The number of rotatable bonds is 5. The van der Waals surface area contributed by atoms with Crippen LogP contribution >= 0.6 is 0 Å². The van der Waals surface area contributed by atoms with Gasteiger partial charge in [0.15, 0.2) is 0 Å². The molecule has 0 amide bonds. The second-order valence-corrected chi connectivity index (χ2v) is 5.15. The Hall–Kier alpha value is -2.09. The minimum atomic E-state index is -0.780. The van der Waals surface area contributed by atoms with Gasteiger partial charge in [0.05, 0.1) is 5.41 Å². The van der Waals surface area contributed by atoms with Crippen LogP contribution in [0.2, 0.25) is 0 Å². The molecule has 1 fully saturated rings. The van der Waals surface area contributed by atoms with Crippen LogP contribution in [0.1, 0.15) is 18.9 Å². The summed E-state index contributed by atoms with van der Waals surface area (Å²) in [5.74, 6) is -0.770. The summed E-state index contributed by atoms with van der Waals surface area (Å²) >= 11 is 0. The number of carboxylic acid groups (broad SMARTS) is 1. The Labute approximate surface area is 113 Å². The highest BCUT2D eigenvalue weighted by Gasteiger charge is 2.71. The van der Waals surface area contributed by atoms with Gasteiger partial charge in [-0.2, -0.15) is 0 Å². The summed E-state index contributed by atoms with van der Waals surface area (Å²) in [5, 5.41) is 9.53. The molecule has 1 aromatic carbocycles. The van der Waals surface area contributed by atoms with Crippen LogP contribution < -0.4 is 0 Å². The third-order valence-corrected chi connectivity index (χ3v) is 4.18. The summed E-state index contributed by atoms with van der Waals surface area (Å²) < 4.78 is 0. The molecule has 0 aromatic heterocycles. The average molecular weight is 254 g/mol. The molecule has 2 nitrogen and oxygen atoms in total. The van der Waals surface area contributed by atoms with Crippen LogP contribution in [0, 0.1) is 5.41 Å². The predicted molar refractivity (Wildman–Crippen MR) is 77.0 cm³/mol. The maximum absolute atomic E-state index is 11.6. The number of benzene rings is 1. The summed E-state index contributed by atoms with van der Waals surface area (Å²) in [7, 11) is 0. The van der Waals surface area contributed by atoms with E-state index >= 15 is 0 Å². The zero-order valence-corrected chi connectivity index (χ0v) is 11.1. The summed E-state index contributed by atoms with van der Waals surface area (Å²) in [6, 6.07) is 9.77. The van der Waals surface area contributed by atoms with Crippen LogP contribution in [0.3, 0.4) is 0 Å². The van der Waals surface area contributed by atoms with E-state index in [0.717, 1.165) is 11.1 Å². The van der Waals surface area contributed by atoms with Crippen LogP contribution in [0.15, 0.2) is 67.3 Å². The van der Waals surface area contributed by atoms with E-state index in [0.29, 0.717) is 6.42 Å². The monoisotopic (exact) mass is 254 g/mol. The molecule has 0 heterocycles. The molecule has 2 rings (SSSR count). The summed E-state index contributed by atoms with van der Waals surface area (Å²) in [6.45, 7) is 9.33. The molecule has 0 radical (unpaired) electrons. The highest BCUT2D eigenvalue weighted by molar-refractivity contribution is 5.84. The Bertz CT molecular complexity index is 556. The molecule has 0 aliphatic heterocycles. The molecule has 0 saturated heterocycles. The number of hydrogen-bond donors (Lipinski definition) is 1. The highest BCUT2D eigenvalue weighted by Crippen LogP contribution is 2.68. The van der Waals surface area contributed by atoms with Gasteiger partial charge in [-0.25, -0.2) is 0 Å². The zero-order valence-electron chi connectivity index (χ0n) is 11.1. The van der Waals surface area contributed by atoms with E-state index in [9.17, 15) is 9.90 Å². The topological polar surface area (TPSA) is 37.3 Å². The number of carbonyl (C=O) groups is 1. The fourth-order valence-corrected chi connectivity index (χ4v) is 2.99. The van der Waals surface area contributed by atoms with Crippen LogP contribution in [0.5, 0.6) is 0 Å². The van der Waals surface area contributed by atoms with Crippen LogP contribution in [0.25, 0.3) is 0 Å². The van der Waals surface area contributed by atoms with Gasteiger partial charge < -0.3 is 5.11 Å². The van der Waals surface area contributed by atoms with Crippen molar-refractivity contribution >= 4 is 5.97 Å². The Morgan fingerprint density at radius 2 is 1.95 bits per heavy atom. The lowest BCUT2D eigenvalue weighted by Gasteiger charge is -2.22. The van der Waals surface area contributed by atoms with Crippen molar-refractivity contribution in [3.63, 3.8) is 0 Å². The second-order valence-electron chi connectivity index (χ2n) is 5.15. The minimum Gasteiger partial charge on any atom is -0.481 e. The van der Waals surface area contributed by atoms with Crippen LogP contribution in [-0.4, -0.2) is 11.1 Å². The van der Waals surface area contributed by atoms with E-state index in [-0.39, 0.29) is 0 Å². The van der Waals surface area contributed by atoms with Gasteiger partial charge in [0.25, 0.3) is 0 Å². The van der Waals surface area contributed by atoms with Crippen molar-refractivity contribution < 1.29 is 9.90 Å². The van der Waals surface area contributed by atoms with Gasteiger partial charge in [0, 0.05) is 5.41 Å². The minimum absolute atomic E-state index is 0.490. The van der Waals surface area contributed by atoms with Crippen molar-refractivity contribution in [2.45, 2.75) is 18.8 Å². The van der Waals surface area contributed by atoms with Crippen LogP contribution in [-0.2, 0) is 10.2 Å². The molecule has 1 aliphatic rings. The van der Waals surface area contributed by atoms with E-state index in [1.165, 1.54) is 0 Å². The van der Waals surface area contributed by atoms with Gasteiger partial charge in [-0.3, -0.25) is 4.79 Å². The first kappa shape index (κ1) is 13.3. The van der Waals surface area contributed by atoms with E-state index < -0.39 is 16.8 Å². The standard InChI is InChI=1S/C17H18O2/c1-4-9-13(5-2)17(12-16(17,3)15(18)19)14-10-7-6-8-11-14/h4-11H,1-2,12H2,3H3,(H,18,19)/b13-9+. The molecule has 98 valence electrons. The van der Waals surface area contributed by atoms with Crippen molar-refractivity contribution in [2.75, 3.05) is 0 Å². The lowest BCUT2D eigenvalue weighted by atomic mass is 9.80. The highest BCUT2D eigenvalue weighted by atomic mass is 16.4. The van der Waals surface area contributed by atoms with E-state index in [2.05, 4.69) is 13.2 Å². The molecular weight excluding hydrogens is 236 g/mol. The van der Waals surface area contributed by atoms with Crippen molar-refractivity contribution in [2.24, 2.45) is 5.41 Å². The Morgan fingerprint density at radius 3 is 2.37 bits per heavy atom. The Kier molecular flexibility index (Phi) is 3.19. The first-order valence-electron chi connectivity index (χ1n) is 6.27. The van der Waals surface area contributed by atoms with Crippen molar-refractivity contribution in [1.29, 1.82) is 0 Å². The number of hydrogen-bond acceptors (Lipinski definition) is 1. The molecule has 1 N–H and O–H groups in total. The number of aliphatic carboxylic acids is 1. The molecule has 2 heteroatoms. The quantitative estimate of drug-likeness (QED) is 0.813. The number of carboxylic acids is 1. The van der Waals surface area contributed by atoms with Crippen molar-refractivity contribution in [3.8, 4) is 0 Å². The maximum atomic E-state index is 11.6. The lowest BCUT2D eigenvalue weighted by molar-refractivity contribution is -0.143. The third-order valence-electron chi connectivity index (χ3n) is 4.18. The van der Waals surface area contributed by atoms with Gasteiger partial charge in [0.2, 0.25) is 0 Å². The van der Waals surface area contributed by atoms with Gasteiger partial charge in [-0.05, 0) is 24.5 Å². The molecule has 0 bridgehead atoms. The van der Waals surface area contributed by atoms with Crippen molar-refractivity contribution in [1.82, 2.24) is 0 Å². The second kappa shape index (κ2) is 4.54. The fraction of sp³-hybridized carbons (Fsp3) is 0.235. The van der Waals surface area contributed by atoms with Gasteiger partial charge >= 0.3 is 5.97 Å². The average Bonchev–Trinajstić information content (AvgIpc) is 3.06. The Morgan fingerprint density at radius 1 is 1.32 bits per heavy atom. The molecule has 1 saturated carbocycles. The molecule has 2 atom stereocenters. The van der Waals surface area contributed by atoms with Gasteiger partial charge in [-0.15, -0.1) is 0 Å². The SMILES string of the molecule is C=C/C=C(\C=C)C1(c2ccccc2)CC1(C)C(=O)O. The van der Waals surface area contributed by atoms with Crippen LogP contribution in [0.4, 0.5) is 0 Å². The smallest absolute Gasteiger partial charge is 0.310 e.